The van der Waals surface area contributed by atoms with Crippen molar-refractivity contribution in [2.75, 3.05) is 31.1 Å². The van der Waals surface area contributed by atoms with E-state index in [9.17, 15) is 4.79 Å². The number of amides is 1. The van der Waals surface area contributed by atoms with E-state index in [2.05, 4.69) is 25.8 Å². The highest BCUT2D eigenvalue weighted by molar-refractivity contribution is 9.10. The molecule has 2 aromatic carbocycles. The lowest BCUT2D eigenvalue weighted by molar-refractivity contribution is 0.0746. The van der Waals surface area contributed by atoms with Crippen molar-refractivity contribution in [3.8, 4) is 5.69 Å². The minimum absolute atomic E-state index is 0.0517. The first kappa shape index (κ1) is 19.3. The summed E-state index contributed by atoms with van der Waals surface area (Å²) in [6.07, 6.45) is 3.69. The van der Waals surface area contributed by atoms with Gasteiger partial charge in [0.25, 0.3) is 5.91 Å². The van der Waals surface area contributed by atoms with Crippen LogP contribution in [-0.4, -0.2) is 46.5 Å². The average Bonchev–Trinajstić information content (AvgIpc) is 3.19. The lowest BCUT2D eigenvalue weighted by atomic mass is 10.2. The molecular formula is C20H17BrCl2N4O. The first-order chi connectivity index (χ1) is 13.5. The quantitative estimate of drug-likeness (QED) is 0.536. The average molecular weight is 480 g/mol. The summed E-state index contributed by atoms with van der Waals surface area (Å²) >= 11 is 15.8. The smallest absolute Gasteiger partial charge is 0.255 e. The van der Waals surface area contributed by atoms with E-state index < -0.39 is 0 Å². The maximum absolute atomic E-state index is 12.9. The third kappa shape index (κ3) is 3.90. The lowest BCUT2D eigenvalue weighted by Gasteiger charge is -2.35. The highest BCUT2D eigenvalue weighted by Crippen LogP contribution is 2.25. The fourth-order valence-corrected chi connectivity index (χ4v) is 4.04. The minimum atomic E-state index is -0.0517. The van der Waals surface area contributed by atoms with Gasteiger partial charge in [-0.05, 0) is 36.4 Å². The third-order valence-electron chi connectivity index (χ3n) is 4.72. The Labute approximate surface area is 181 Å². The van der Waals surface area contributed by atoms with Gasteiger partial charge in [-0.2, -0.15) is 0 Å². The second-order valence-corrected chi connectivity index (χ2v) is 8.24. The molecule has 5 nitrogen and oxygen atoms in total. The Morgan fingerprint density at radius 3 is 2.57 bits per heavy atom. The molecule has 144 valence electrons. The standard InChI is InChI=1S/C20H17BrCl2N4O/c21-14-4-5-18(23)17(12-14)19(28)25-8-10-26(11-9-25)20-24-6-7-27(20)16-3-1-2-15(22)13-16/h1-7,12-13H,8-11H2. The van der Waals surface area contributed by atoms with Gasteiger partial charge in [0.05, 0.1) is 10.6 Å². The summed E-state index contributed by atoms with van der Waals surface area (Å²) in [6, 6.07) is 13.0. The van der Waals surface area contributed by atoms with Crippen LogP contribution in [0, 0.1) is 0 Å². The van der Waals surface area contributed by atoms with Crippen LogP contribution in [0.1, 0.15) is 10.4 Å². The van der Waals surface area contributed by atoms with E-state index in [0.717, 1.165) is 16.1 Å². The first-order valence-electron chi connectivity index (χ1n) is 8.81. The van der Waals surface area contributed by atoms with Crippen molar-refractivity contribution in [2.45, 2.75) is 0 Å². The zero-order valence-corrected chi connectivity index (χ0v) is 18.0. The van der Waals surface area contributed by atoms with Crippen LogP contribution in [0.2, 0.25) is 10.0 Å². The molecule has 0 atom stereocenters. The number of aromatic nitrogens is 2. The van der Waals surface area contributed by atoms with Gasteiger partial charge in [-0.1, -0.05) is 45.2 Å². The predicted octanol–water partition coefficient (Wildman–Crippen LogP) is 4.90. The molecule has 2 heterocycles. The van der Waals surface area contributed by atoms with Crippen molar-refractivity contribution in [3.05, 3.63) is 74.9 Å². The Morgan fingerprint density at radius 2 is 1.82 bits per heavy atom. The monoisotopic (exact) mass is 478 g/mol. The largest absolute Gasteiger partial charge is 0.338 e. The van der Waals surface area contributed by atoms with Crippen LogP contribution in [0.4, 0.5) is 5.95 Å². The summed E-state index contributed by atoms with van der Waals surface area (Å²) in [5.74, 6) is 0.791. The van der Waals surface area contributed by atoms with Gasteiger partial charge in [0.1, 0.15) is 0 Å². The Morgan fingerprint density at radius 1 is 1.04 bits per heavy atom. The number of imidazole rings is 1. The lowest BCUT2D eigenvalue weighted by Crippen LogP contribution is -2.49. The number of carbonyl (C=O) groups excluding carboxylic acids is 1. The van der Waals surface area contributed by atoms with Crippen LogP contribution in [0.3, 0.4) is 0 Å². The Bertz CT molecular complexity index is 1010. The molecule has 8 heteroatoms. The van der Waals surface area contributed by atoms with Crippen molar-refractivity contribution in [1.82, 2.24) is 14.5 Å². The van der Waals surface area contributed by atoms with E-state index in [1.165, 1.54) is 0 Å². The summed E-state index contributed by atoms with van der Waals surface area (Å²) in [5.41, 5.74) is 1.48. The summed E-state index contributed by atoms with van der Waals surface area (Å²) in [7, 11) is 0. The van der Waals surface area contributed by atoms with Gasteiger partial charge in [0, 0.05) is 53.8 Å². The van der Waals surface area contributed by atoms with Gasteiger partial charge in [-0.25, -0.2) is 4.98 Å². The highest BCUT2D eigenvalue weighted by atomic mass is 79.9. The van der Waals surface area contributed by atoms with Gasteiger partial charge in [-0.3, -0.25) is 9.36 Å². The number of rotatable bonds is 3. The molecule has 0 aliphatic carbocycles. The van der Waals surface area contributed by atoms with Gasteiger partial charge in [0.2, 0.25) is 5.95 Å². The molecule has 1 amide bonds. The number of anilines is 1. The van der Waals surface area contributed by atoms with Crippen molar-refractivity contribution in [3.63, 3.8) is 0 Å². The van der Waals surface area contributed by atoms with Crippen LogP contribution in [0.15, 0.2) is 59.3 Å². The van der Waals surface area contributed by atoms with Crippen LogP contribution < -0.4 is 4.90 Å². The molecule has 0 spiro atoms. The minimum Gasteiger partial charge on any atom is -0.338 e. The normalized spacial score (nSPS) is 14.4. The molecule has 1 aromatic heterocycles. The van der Waals surface area contributed by atoms with E-state index in [4.69, 9.17) is 23.2 Å². The molecule has 1 aliphatic rings. The van der Waals surface area contributed by atoms with Crippen molar-refractivity contribution >= 4 is 51.0 Å². The number of nitrogens with zero attached hydrogens (tertiary/aromatic N) is 4. The molecule has 4 rings (SSSR count). The number of benzene rings is 2. The van der Waals surface area contributed by atoms with Gasteiger partial charge >= 0.3 is 0 Å². The topological polar surface area (TPSA) is 41.4 Å². The molecule has 1 saturated heterocycles. The number of halogens is 3. The summed E-state index contributed by atoms with van der Waals surface area (Å²) in [4.78, 5) is 21.4. The van der Waals surface area contributed by atoms with Crippen LogP contribution in [0.25, 0.3) is 5.69 Å². The molecule has 0 N–H and O–H groups in total. The number of piperazine rings is 1. The fourth-order valence-electron chi connectivity index (χ4n) is 3.30. The summed E-state index contributed by atoms with van der Waals surface area (Å²) in [5, 5.41) is 1.14. The Kier molecular flexibility index (Phi) is 5.62. The van der Waals surface area contributed by atoms with Crippen LogP contribution in [-0.2, 0) is 0 Å². The number of hydrogen-bond donors (Lipinski definition) is 0. The maximum atomic E-state index is 12.9. The molecule has 1 fully saturated rings. The van der Waals surface area contributed by atoms with Gasteiger partial charge in [0.15, 0.2) is 0 Å². The van der Waals surface area contributed by atoms with E-state index in [1.807, 2.05) is 46.0 Å². The number of carbonyl (C=O) groups is 1. The van der Waals surface area contributed by atoms with E-state index in [-0.39, 0.29) is 5.91 Å². The van der Waals surface area contributed by atoms with Crippen molar-refractivity contribution in [2.24, 2.45) is 0 Å². The second kappa shape index (κ2) is 8.15. The molecule has 0 unspecified atom stereocenters. The second-order valence-electron chi connectivity index (χ2n) is 6.48. The van der Waals surface area contributed by atoms with E-state index in [0.29, 0.717) is 41.8 Å². The number of hydrogen-bond acceptors (Lipinski definition) is 3. The zero-order chi connectivity index (χ0) is 19.7. The Hall–Kier alpha value is -2.02. The van der Waals surface area contributed by atoms with Crippen LogP contribution in [0.5, 0.6) is 0 Å². The van der Waals surface area contributed by atoms with Gasteiger partial charge < -0.3 is 9.80 Å². The summed E-state index contributed by atoms with van der Waals surface area (Å²) in [6.45, 7) is 2.58. The molecule has 0 radical (unpaired) electrons. The zero-order valence-electron chi connectivity index (χ0n) is 14.9. The molecular weight excluding hydrogens is 463 g/mol. The van der Waals surface area contributed by atoms with Crippen molar-refractivity contribution < 1.29 is 4.79 Å². The van der Waals surface area contributed by atoms with Gasteiger partial charge in [-0.15, -0.1) is 0 Å². The molecule has 0 bridgehead atoms. The summed E-state index contributed by atoms with van der Waals surface area (Å²) < 4.78 is 2.84. The SMILES string of the molecule is O=C(c1cc(Br)ccc1Cl)N1CCN(c2nccn2-c2cccc(Cl)c2)CC1. The fraction of sp³-hybridized carbons (Fsp3) is 0.200. The third-order valence-corrected chi connectivity index (χ3v) is 5.77. The predicted molar refractivity (Wildman–Crippen MR) is 116 cm³/mol. The first-order valence-corrected chi connectivity index (χ1v) is 10.4. The molecule has 0 saturated carbocycles. The Balaban J connectivity index is 1.49. The maximum Gasteiger partial charge on any atom is 0.255 e. The molecule has 3 aromatic rings. The highest BCUT2D eigenvalue weighted by Gasteiger charge is 2.25. The van der Waals surface area contributed by atoms with Crippen LogP contribution >= 0.6 is 39.1 Å². The molecule has 1 aliphatic heterocycles. The van der Waals surface area contributed by atoms with Crippen molar-refractivity contribution in [1.29, 1.82) is 0 Å². The van der Waals surface area contributed by atoms with E-state index in [1.54, 1.807) is 18.3 Å². The van der Waals surface area contributed by atoms with E-state index >= 15 is 0 Å². The molecule has 28 heavy (non-hydrogen) atoms.